The fourth-order valence-electron chi connectivity index (χ4n) is 1.79. The molecular formula is C9H14ClNO3S. The van der Waals surface area contributed by atoms with Crippen molar-refractivity contribution in [1.29, 1.82) is 0 Å². The summed E-state index contributed by atoms with van der Waals surface area (Å²) in [5, 5.41) is 2.23. The summed E-state index contributed by atoms with van der Waals surface area (Å²) in [5.41, 5.74) is 0. The lowest BCUT2D eigenvalue weighted by Crippen LogP contribution is -2.40. The number of amides is 1. The lowest BCUT2D eigenvalue weighted by atomic mass is 10.2. The summed E-state index contributed by atoms with van der Waals surface area (Å²) < 4.78 is 22.5. The second-order valence-corrected chi connectivity index (χ2v) is 7.13. The Labute approximate surface area is 94.3 Å². The van der Waals surface area contributed by atoms with E-state index in [1.54, 1.807) is 0 Å². The van der Waals surface area contributed by atoms with E-state index in [0.29, 0.717) is 12.3 Å². The molecule has 1 N–H and O–H groups in total. The van der Waals surface area contributed by atoms with E-state index in [0.717, 1.165) is 12.8 Å². The molecule has 1 aliphatic heterocycles. The van der Waals surface area contributed by atoms with Crippen LogP contribution in [0.2, 0.25) is 0 Å². The van der Waals surface area contributed by atoms with Crippen LogP contribution in [0.15, 0.2) is 0 Å². The van der Waals surface area contributed by atoms with Crippen molar-refractivity contribution in [3.05, 3.63) is 0 Å². The van der Waals surface area contributed by atoms with Gasteiger partial charge in [0.15, 0.2) is 9.84 Å². The first kappa shape index (κ1) is 11.2. The Bertz CT molecular complexity index is 364. The molecule has 0 aromatic rings. The second-order valence-electron chi connectivity index (χ2n) is 4.41. The monoisotopic (exact) mass is 251 g/mol. The molecule has 2 aliphatic rings. The van der Waals surface area contributed by atoms with E-state index >= 15 is 0 Å². The van der Waals surface area contributed by atoms with Crippen LogP contribution in [-0.2, 0) is 14.6 Å². The molecule has 0 radical (unpaired) electrons. The first-order valence-corrected chi connectivity index (χ1v) is 7.36. The van der Waals surface area contributed by atoms with E-state index in [2.05, 4.69) is 5.32 Å². The first-order valence-electron chi connectivity index (χ1n) is 5.10. The SMILES string of the molecule is O=C(CC1CC1)NC1CS(=O)(=O)CC1Cl. The van der Waals surface area contributed by atoms with Crippen molar-refractivity contribution < 1.29 is 13.2 Å². The number of carbonyl (C=O) groups excluding carboxylic acids is 1. The van der Waals surface area contributed by atoms with E-state index in [1.807, 2.05) is 0 Å². The van der Waals surface area contributed by atoms with E-state index in [4.69, 9.17) is 11.6 Å². The van der Waals surface area contributed by atoms with Crippen LogP contribution >= 0.6 is 11.6 Å². The molecule has 0 aromatic heterocycles. The largest absolute Gasteiger partial charge is 0.351 e. The molecule has 1 heterocycles. The van der Waals surface area contributed by atoms with Gasteiger partial charge in [-0.2, -0.15) is 0 Å². The van der Waals surface area contributed by atoms with Gasteiger partial charge in [-0.05, 0) is 18.8 Å². The maximum Gasteiger partial charge on any atom is 0.220 e. The van der Waals surface area contributed by atoms with E-state index in [9.17, 15) is 13.2 Å². The molecule has 86 valence electrons. The van der Waals surface area contributed by atoms with Gasteiger partial charge in [0.1, 0.15) is 0 Å². The topological polar surface area (TPSA) is 63.2 Å². The molecular weight excluding hydrogens is 238 g/mol. The molecule has 15 heavy (non-hydrogen) atoms. The summed E-state index contributed by atoms with van der Waals surface area (Å²) in [5.74, 6) is 0.405. The molecule has 6 heteroatoms. The highest BCUT2D eigenvalue weighted by molar-refractivity contribution is 7.91. The Morgan fingerprint density at radius 2 is 2.00 bits per heavy atom. The van der Waals surface area contributed by atoms with E-state index in [-0.39, 0.29) is 17.4 Å². The third-order valence-corrected chi connectivity index (χ3v) is 5.18. The summed E-state index contributed by atoms with van der Waals surface area (Å²) in [6, 6.07) is -0.400. The van der Waals surface area contributed by atoms with Gasteiger partial charge < -0.3 is 5.32 Å². The van der Waals surface area contributed by atoms with Crippen molar-refractivity contribution in [2.45, 2.75) is 30.7 Å². The summed E-state index contributed by atoms with van der Waals surface area (Å²) in [6.45, 7) is 0. The Hall–Kier alpha value is -0.290. The molecule has 2 atom stereocenters. The van der Waals surface area contributed by atoms with Gasteiger partial charge in [-0.15, -0.1) is 11.6 Å². The predicted molar refractivity (Wildman–Crippen MR) is 57.6 cm³/mol. The molecule has 0 spiro atoms. The minimum absolute atomic E-state index is 0.0163. The van der Waals surface area contributed by atoms with Gasteiger partial charge in [-0.3, -0.25) is 4.79 Å². The number of rotatable bonds is 3. The second kappa shape index (κ2) is 3.94. The van der Waals surface area contributed by atoms with Crippen LogP contribution < -0.4 is 5.32 Å². The highest BCUT2D eigenvalue weighted by Gasteiger charge is 2.37. The molecule has 2 fully saturated rings. The molecule has 4 nitrogen and oxygen atoms in total. The maximum atomic E-state index is 11.4. The Kier molecular flexibility index (Phi) is 2.94. The van der Waals surface area contributed by atoms with Crippen LogP contribution in [0.5, 0.6) is 0 Å². The minimum atomic E-state index is -3.05. The summed E-state index contributed by atoms with van der Waals surface area (Å²) in [7, 11) is -3.05. The first-order chi connectivity index (χ1) is 6.96. The maximum absolute atomic E-state index is 11.4. The van der Waals surface area contributed by atoms with Gasteiger partial charge in [0.25, 0.3) is 0 Å². The van der Waals surface area contributed by atoms with Crippen molar-refractivity contribution in [3.63, 3.8) is 0 Å². The smallest absolute Gasteiger partial charge is 0.220 e. The van der Waals surface area contributed by atoms with Crippen molar-refractivity contribution in [2.75, 3.05) is 11.5 Å². The van der Waals surface area contributed by atoms with Gasteiger partial charge in [-0.25, -0.2) is 8.42 Å². The zero-order valence-corrected chi connectivity index (χ0v) is 9.85. The minimum Gasteiger partial charge on any atom is -0.351 e. The number of sulfone groups is 1. The molecule has 0 aromatic carbocycles. The molecule has 1 saturated carbocycles. The van der Waals surface area contributed by atoms with Crippen LogP contribution in [0.1, 0.15) is 19.3 Å². The van der Waals surface area contributed by atoms with Crippen LogP contribution in [0.25, 0.3) is 0 Å². The predicted octanol–water partition coefficient (Wildman–Crippen LogP) is 0.307. The van der Waals surface area contributed by atoms with Gasteiger partial charge in [0.2, 0.25) is 5.91 Å². The number of hydrogen-bond acceptors (Lipinski definition) is 3. The zero-order valence-electron chi connectivity index (χ0n) is 8.28. The standard InChI is InChI=1S/C9H14ClNO3S/c10-7-4-15(13,14)5-8(7)11-9(12)3-6-1-2-6/h6-8H,1-5H2,(H,11,12). The van der Waals surface area contributed by atoms with Crippen molar-refractivity contribution in [2.24, 2.45) is 5.92 Å². The lowest BCUT2D eigenvalue weighted by molar-refractivity contribution is -0.121. The number of alkyl halides is 1. The number of nitrogens with one attached hydrogen (secondary N) is 1. The van der Waals surface area contributed by atoms with E-state index < -0.39 is 21.3 Å². The van der Waals surface area contributed by atoms with Crippen molar-refractivity contribution in [3.8, 4) is 0 Å². The average Bonchev–Trinajstić information content (AvgIpc) is 2.80. The lowest BCUT2D eigenvalue weighted by Gasteiger charge is -2.13. The van der Waals surface area contributed by atoms with Gasteiger partial charge >= 0.3 is 0 Å². The number of halogens is 1. The molecule has 1 aliphatic carbocycles. The van der Waals surface area contributed by atoms with Crippen LogP contribution in [-0.4, -0.2) is 37.2 Å². The van der Waals surface area contributed by atoms with Gasteiger partial charge in [-0.1, -0.05) is 0 Å². The normalized spacial score (nSPS) is 33.9. The third kappa shape index (κ3) is 3.08. The molecule has 0 bridgehead atoms. The van der Waals surface area contributed by atoms with Gasteiger partial charge in [0.05, 0.1) is 22.9 Å². The fourth-order valence-corrected chi connectivity index (χ4v) is 4.34. The number of carbonyl (C=O) groups is 1. The average molecular weight is 252 g/mol. The van der Waals surface area contributed by atoms with Crippen LogP contribution in [0, 0.1) is 5.92 Å². The third-order valence-electron chi connectivity index (χ3n) is 2.80. The van der Waals surface area contributed by atoms with Crippen LogP contribution in [0.3, 0.4) is 0 Å². The van der Waals surface area contributed by atoms with Gasteiger partial charge in [0, 0.05) is 6.42 Å². The molecule has 2 unspecified atom stereocenters. The van der Waals surface area contributed by atoms with E-state index in [1.165, 1.54) is 0 Å². The molecule has 2 rings (SSSR count). The Morgan fingerprint density at radius 1 is 1.33 bits per heavy atom. The molecule has 1 amide bonds. The highest BCUT2D eigenvalue weighted by atomic mass is 35.5. The van der Waals surface area contributed by atoms with Crippen molar-refractivity contribution >= 4 is 27.3 Å². The summed E-state index contributed by atoms with van der Waals surface area (Å²) in [4.78, 5) is 11.4. The quantitative estimate of drug-likeness (QED) is 0.735. The fraction of sp³-hybridized carbons (Fsp3) is 0.889. The highest BCUT2D eigenvalue weighted by Crippen LogP contribution is 2.32. The zero-order chi connectivity index (χ0) is 11.1. The Balaban J connectivity index is 1.86. The summed E-state index contributed by atoms with van der Waals surface area (Å²) in [6.07, 6.45) is 2.74. The Morgan fingerprint density at radius 3 is 2.47 bits per heavy atom. The van der Waals surface area contributed by atoms with Crippen LogP contribution in [0.4, 0.5) is 0 Å². The number of hydrogen-bond donors (Lipinski definition) is 1. The summed E-state index contributed by atoms with van der Waals surface area (Å²) >= 11 is 5.87. The molecule has 1 saturated heterocycles. The van der Waals surface area contributed by atoms with Crippen molar-refractivity contribution in [1.82, 2.24) is 5.32 Å².